The molecule has 1 aromatic carbocycles. The van der Waals surface area contributed by atoms with Gasteiger partial charge in [-0.15, -0.1) is 11.3 Å². The van der Waals surface area contributed by atoms with E-state index in [1.165, 1.54) is 0 Å². The fraction of sp³-hybridized carbons (Fsp3) is 0.143. The largest absolute Gasteiger partial charge is 0.369 e. The highest BCUT2D eigenvalue weighted by molar-refractivity contribution is 9.10. The maximum Gasteiger partial charge on any atom is 0.157 e. The van der Waals surface area contributed by atoms with E-state index in [0.29, 0.717) is 24.2 Å². The Balaban J connectivity index is 1.66. The number of aromatic nitrogens is 2. The highest BCUT2D eigenvalue weighted by atomic mass is 79.9. The Labute approximate surface area is 133 Å². The van der Waals surface area contributed by atoms with Crippen molar-refractivity contribution >= 4 is 49.1 Å². The lowest BCUT2D eigenvalue weighted by Gasteiger charge is -2.04. The molecule has 20 heavy (non-hydrogen) atoms. The molecule has 2 heterocycles. The number of nitrogens with zero attached hydrogens (tertiary/aromatic N) is 2. The Hall–Kier alpha value is -1.01. The van der Waals surface area contributed by atoms with Crippen molar-refractivity contribution in [2.75, 3.05) is 0 Å². The number of rotatable bonds is 4. The van der Waals surface area contributed by atoms with Gasteiger partial charge in [-0.1, -0.05) is 39.7 Å². The summed E-state index contributed by atoms with van der Waals surface area (Å²) in [6.45, 7) is 0.875. The molecule has 3 nitrogen and oxygen atoms in total. The zero-order chi connectivity index (χ0) is 13.9. The van der Waals surface area contributed by atoms with Crippen LogP contribution in [0, 0.1) is 0 Å². The van der Waals surface area contributed by atoms with Crippen LogP contribution < -0.4 is 0 Å². The lowest BCUT2D eigenvalue weighted by molar-refractivity contribution is 0.102. The van der Waals surface area contributed by atoms with Gasteiger partial charge in [-0.3, -0.25) is 0 Å². The van der Waals surface area contributed by atoms with Gasteiger partial charge in [0.25, 0.3) is 0 Å². The summed E-state index contributed by atoms with van der Waals surface area (Å²) in [6.07, 6.45) is 0. The molecule has 3 rings (SSSR count). The van der Waals surface area contributed by atoms with Crippen molar-refractivity contribution in [2.45, 2.75) is 13.2 Å². The molecule has 0 aliphatic rings. The van der Waals surface area contributed by atoms with Gasteiger partial charge in [-0.2, -0.15) is 0 Å². The van der Waals surface area contributed by atoms with E-state index in [1.807, 2.05) is 35.7 Å². The normalized spacial score (nSPS) is 11.1. The van der Waals surface area contributed by atoms with Crippen molar-refractivity contribution in [1.82, 2.24) is 9.97 Å². The number of ether oxygens (including phenoxy) is 1. The Morgan fingerprint density at radius 1 is 1.10 bits per heavy atom. The van der Waals surface area contributed by atoms with Gasteiger partial charge in [0, 0.05) is 9.86 Å². The monoisotopic (exact) mass is 368 g/mol. The van der Waals surface area contributed by atoms with E-state index >= 15 is 0 Å². The van der Waals surface area contributed by atoms with Crippen LogP contribution in [-0.2, 0) is 18.0 Å². The molecule has 3 aromatic rings. The Morgan fingerprint density at radius 2 is 1.90 bits per heavy atom. The first kappa shape index (κ1) is 13.9. The van der Waals surface area contributed by atoms with Crippen LogP contribution in [0.1, 0.15) is 11.4 Å². The molecule has 0 aliphatic carbocycles. The van der Waals surface area contributed by atoms with Gasteiger partial charge in [0.1, 0.15) is 16.6 Å². The highest BCUT2D eigenvalue weighted by Crippen LogP contribution is 2.24. The Kier molecular flexibility index (Phi) is 4.31. The smallest absolute Gasteiger partial charge is 0.157 e. The summed E-state index contributed by atoms with van der Waals surface area (Å²) in [4.78, 5) is 9.57. The lowest BCUT2D eigenvalue weighted by atomic mass is 10.2. The number of benzene rings is 1. The van der Waals surface area contributed by atoms with Gasteiger partial charge < -0.3 is 4.74 Å². The first-order chi connectivity index (χ1) is 9.72. The van der Waals surface area contributed by atoms with Crippen molar-refractivity contribution in [1.29, 1.82) is 0 Å². The average molecular weight is 370 g/mol. The second kappa shape index (κ2) is 6.18. The minimum absolute atomic E-state index is 0.351. The maximum absolute atomic E-state index is 6.11. The maximum atomic E-state index is 6.11. The first-order valence-electron chi connectivity index (χ1n) is 5.94. The molecule has 0 bridgehead atoms. The predicted molar refractivity (Wildman–Crippen MR) is 85.1 cm³/mol. The Morgan fingerprint density at radius 3 is 2.70 bits per heavy atom. The molecule has 6 heteroatoms. The zero-order valence-electron chi connectivity index (χ0n) is 10.3. The molecule has 0 aliphatic heterocycles. The molecule has 2 aromatic heterocycles. The number of hydrogen-bond acceptors (Lipinski definition) is 4. The van der Waals surface area contributed by atoms with E-state index in [0.717, 1.165) is 20.3 Å². The quantitative estimate of drug-likeness (QED) is 0.618. The van der Waals surface area contributed by atoms with E-state index in [2.05, 4.69) is 25.9 Å². The zero-order valence-corrected chi connectivity index (χ0v) is 13.5. The Bertz CT molecular complexity index is 730. The molecule has 0 saturated heterocycles. The van der Waals surface area contributed by atoms with Crippen molar-refractivity contribution in [3.8, 4) is 0 Å². The second-order valence-electron chi connectivity index (χ2n) is 4.19. The molecule has 102 valence electrons. The van der Waals surface area contributed by atoms with Gasteiger partial charge in [0.05, 0.1) is 6.61 Å². The van der Waals surface area contributed by atoms with Crippen LogP contribution in [0.4, 0.5) is 0 Å². The number of halogens is 2. The summed E-state index contributed by atoms with van der Waals surface area (Å²) in [5, 5.41) is 3.34. The van der Waals surface area contributed by atoms with Crippen molar-refractivity contribution in [3.05, 3.63) is 56.7 Å². The molecule has 0 amide bonds. The third kappa shape index (κ3) is 3.17. The second-order valence-corrected chi connectivity index (χ2v) is 6.36. The molecule has 0 N–H and O–H groups in total. The molecule has 0 radical (unpaired) electrons. The van der Waals surface area contributed by atoms with Crippen LogP contribution >= 0.6 is 38.9 Å². The van der Waals surface area contributed by atoms with Crippen LogP contribution in [-0.4, -0.2) is 9.97 Å². The topological polar surface area (TPSA) is 35.0 Å². The third-order valence-corrected chi connectivity index (χ3v) is 4.36. The molecule has 0 atom stereocenters. The standard InChI is InChI=1S/C14H10BrClN2OS/c15-10-3-1-9(2-4-10)7-19-8-12-17-13(16)11-5-6-20-14(11)18-12/h1-6H,7-8H2. The van der Waals surface area contributed by atoms with Crippen molar-refractivity contribution in [2.24, 2.45) is 0 Å². The molecule has 0 fully saturated rings. The van der Waals surface area contributed by atoms with Gasteiger partial charge in [0.15, 0.2) is 5.82 Å². The van der Waals surface area contributed by atoms with Gasteiger partial charge in [-0.05, 0) is 29.1 Å². The number of fused-ring (bicyclic) bond motifs is 1. The average Bonchev–Trinajstić information content (AvgIpc) is 2.90. The van der Waals surface area contributed by atoms with Crippen LogP contribution in [0.15, 0.2) is 40.2 Å². The summed E-state index contributed by atoms with van der Waals surface area (Å²) in [6, 6.07) is 9.93. The highest BCUT2D eigenvalue weighted by Gasteiger charge is 2.07. The van der Waals surface area contributed by atoms with Gasteiger partial charge in [0.2, 0.25) is 0 Å². The van der Waals surface area contributed by atoms with E-state index in [4.69, 9.17) is 16.3 Å². The van der Waals surface area contributed by atoms with Crippen LogP contribution in [0.5, 0.6) is 0 Å². The summed E-state index contributed by atoms with van der Waals surface area (Å²) in [5.74, 6) is 0.613. The van der Waals surface area contributed by atoms with Crippen LogP contribution in [0.25, 0.3) is 10.2 Å². The summed E-state index contributed by atoms with van der Waals surface area (Å²) < 4.78 is 6.69. The van der Waals surface area contributed by atoms with Crippen molar-refractivity contribution in [3.63, 3.8) is 0 Å². The SMILES string of the molecule is Clc1nc(COCc2ccc(Br)cc2)nc2sccc12. The number of hydrogen-bond donors (Lipinski definition) is 0. The minimum Gasteiger partial charge on any atom is -0.369 e. The summed E-state index contributed by atoms with van der Waals surface area (Å²) >= 11 is 11.1. The van der Waals surface area contributed by atoms with Crippen LogP contribution in [0.2, 0.25) is 5.15 Å². The lowest BCUT2D eigenvalue weighted by Crippen LogP contribution is -1.99. The van der Waals surface area contributed by atoms with Crippen LogP contribution in [0.3, 0.4) is 0 Å². The van der Waals surface area contributed by atoms with E-state index in [1.54, 1.807) is 11.3 Å². The molecule has 0 unspecified atom stereocenters. The minimum atomic E-state index is 0.351. The fourth-order valence-electron chi connectivity index (χ4n) is 1.77. The van der Waals surface area contributed by atoms with E-state index in [9.17, 15) is 0 Å². The predicted octanol–water partition coefficient (Wildman–Crippen LogP) is 4.82. The molecular weight excluding hydrogens is 360 g/mol. The molecular formula is C14H10BrClN2OS. The molecule has 0 spiro atoms. The molecule has 0 saturated carbocycles. The van der Waals surface area contributed by atoms with Crippen molar-refractivity contribution < 1.29 is 4.74 Å². The van der Waals surface area contributed by atoms with Gasteiger partial charge >= 0.3 is 0 Å². The summed E-state index contributed by atoms with van der Waals surface area (Å²) in [7, 11) is 0. The first-order valence-corrected chi connectivity index (χ1v) is 7.99. The van der Waals surface area contributed by atoms with E-state index < -0.39 is 0 Å². The van der Waals surface area contributed by atoms with E-state index in [-0.39, 0.29) is 0 Å². The third-order valence-electron chi connectivity index (χ3n) is 2.74. The van der Waals surface area contributed by atoms with Gasteiger partial charge in [-0.25, -0.2) is 9.97 Å². The fourth-order valence-corrected chi connectivity index (χ4v) is 3.12. The summed E-state index contributed by atoms with van der Waals surface area (Å²) in [5.41, 5.74) is 1.11. The number of thiophene rings is 1.